The van der Waals surface area contributed by atoms with Crippen LogP contribution in [0.2, 0.25) is 0 Å². The Balaban J connectivity index is 1.23. The standard InChI is InChI=1S/C51H39NSi/c1-51(2)45-25-14-12-23-42(45)43-34-31-37(35-46(43)51)36-29-32-41(33-30-36)53(39-19-8-4-9-20-39,40-21-10-5-11-22-40)49-28-16-27-48-50(49)44-24-13-15-26-47(44)52(48)38-17-6-3-7-18-38/h3-35H,1-2H3. The molecule has 1 aliphatic rings. The molecular formula is C51H39NSi. The monoisotopic (exact) mass is 693 g/mol. The Hall–Kier alpha value is -6.22. The zero-order chi connectivity index (χ0) is 35.6. The number of fused-ring (bicyclic) bond motifs is 6. The predicted molar refractivity (Wildman–Crippen MR) is 227 cm³/mol. The van der Waals surface area contributed by atoms with Crippen molar-refractivity contribution in [2.75, 3.05) is 0 Å². The van der Waals surface area contributed by atoms with E-state index in [0.717, 1.165) is 0 Å². The first-order chi connectivity index (χ1) is 26.1. The topological polar surface area (TPSA) is 4.93 Å². The average Bonchev–Trinajstić information content (AvgIpc) is 3.68. The molecule has 0 bridgehead atoms. The van der Waals surface area contributed by atoms with Gasteiger partial charge in [0, 0.05) is 21.9 Å². The largest absolute Gasteiger partial charge is 0.309 e. The van der Waals surface area contributed by atoms with Crippen LogP contribution in [0.25, 0.3) is 49.7 Å². The number of nitrogens with zero attached hydrogens (tertiary/aromatic N) is 1. The van der Waals surface area contributed by atoms with Crippen molar-refractivity contribution in [3.05, 3.63) is 211 Å². The Morgan fingerprint density at radius 1 is 0.415 bits per heavy atom. The highest BCUT2D eigenvalue weighted by Gasteiger charge is 2.43. The summed E-state index contributed by atoms with van der Waals surface area (Å²) in [5, 5.41) is 8.14. The number of aromatic nitrogens is 1. The molecule has 0 atom stereocenters. The molecule has 1 aromatic heterocycles. The SMILES string of the molecule is CC1(C)c2ccccc2-c2ccc(-c3ccc([Si](c4ccccc4)(c4ccccc4)c4cccc5c4c4ccccc4n5-c4ccccc4)cc3)cc21. The van der Waals surface area contributed by atoms with Gasteiger partial charge in [0.1, 0.15) is 0 Å². The van der Waals surface area contributed by atoms with E-state index >= 15 is 0 Å². The van der Waals surface area contributed by atoms with E-state index in [-0.39, 0.29) is 5.41 Å². The summed E-state index contributed by atoms with van der Waals surface area (Å²) < 4.78 is 2.44. The van der Waals surface area contributed by atoms with Crippen molar-refractivity contribution in [2.45, 2.75) is 19.3 Å². The van der Waals surface area contributed by atoms with Crippen molar-refractivity contribution < 1.29 is 0 Å². The second-order valence-corrected chi connectivity index (χ2v) is 18.6. The molecule has 0 unspecified atom stereocenters. The van der Waals surface area contributed by atoms with Crippen LogP contribution >= 0.6 is 0 Å². The minimum atomic E-state index is -2.89. The third-order valence-electron chi connectivity index (χ3n) is 11.8. The fourth-order valence-corrected chi connectivity index (χ4v) is 14.3. The lowest BCUT2D eigenvalue weighted by Crippen LogP contribution is -2.74. The molecule has 252 valence electrons. The van der Waals surface area contributed by atoms with Crippen LogP contribution in [0.1, 0.15) is 25.0 Å². The molecule has 0 amide bonds. The Morgan fingerprint density at radius 2 is 0.962 bits per heavy atom. The summed E-state index contributed by atoms with van der Waals surface area (Å²) in [6.07, 6.45) is 0. The van der Waals surface area contributed by atoms with Crippen molar-refractivity contribution in [3.8, 4) is 27.9 Å². The van der Waals surface area contributed by atoms with E-state index in [1.54, 1.807) is 0 Å². The van der Waals surface area contributed by atoms with Crippen molar-refractivity contribution >= 4 is 50.6 Å². The highest BCUT2D eigenvalue weighted by molar-refractivity contribution is 7.20. The fraction of sp³-hybridized carbons (Fsp3) is 0.0588. The van der Waals surface area contributed by atoms with E-state index in [2.05, 4.69) is 219 Å². The molecule has 0 aliphatic heterocycles. The third-order valence-corrected chi connectivity index (χ3v) is 16.6. The fourth-order valence-electron chi connectivity index (χ4n) is 9.33. The smallest absolute Gasteiger partial charge is 0.180 e. The Morgan fingerprint density at radius 3 is 1.68 bits per heavy atom. The quantitative estimate of drug-likeness (QED) is 0.121. The van der Waals surface area contributed by atoms with Crippen LogP contribution in [0.4, 0.5) is 0 Å². The molecule has 53 heavy (non-hydrogen) atoms. The highest BCUT2D eigenvalue weighted by Crippen LogP contribution is 2.49. The molecule has 0 spiro atoms. The van der Waals surface area contributed by atoms with Gasteiger partial charge < -0.3 is 4.57 Å². The van der Waals surface area contributed by atoms with E-state index < -0.39 is 8.07 Å². The second-order valence-electron chi connectivity index (χ2n) is 14.9. The van der Waals surface area contributed by atoms with E-state index in [0.29, 0.717) is 0 Å². The van der Waals surface area contributed by atoms with Gasteiger partial charge in [0.15, 0.2) is 8.07 Å². The molecule has 1 heterocycles. The molecule has 1 aliphatic carbocycles. The Kier molecular flexibility index (Phi) is 7.25. The summed E-state index contributed by atoms with van der Waals surface area (Å²) >= 11 is 0. The normalized spacial score (nSPS) is 13.2. The van der Waals surface area contributed by atoms with Crippen molar-refractivity contribution in [2.24, 2.45) is 0 Å². The van der Waals surface area contributed by atoms with Gasteiger partial charge in [-0.25, -0.2) is 0 Å². The first-order valence-corrected chi connectivity index (χ1v) is 20.6. The van der Waals surface area contributed by atoms with Crippen LogP contribution in [0.15, 0.2) is 200 Å². The summed E-state index contributed by atoms with van der Waals surface area (Å²) in [6.45, 7) is 4.72. The van der Waals surface area contributed by atoms with Gasteiger partial charge >= 0.3 is 0 Å². The lowest BCUT2D eigenvalue weighted by Gasteiger charge is -2.35. The van der Waals surface area contributed by atoms with E-state index in [4.69, 9.17) is 0 Å². The van der Waals surface area contributed by atoms with Crippen LogP contribution in [0.3, 0.4) is 0 Å². The van der Waals surface area contributed by atoms with Gasteiger partial charge in [-0.2, -0.15) is 0 Å². The molecule has 0 fully saturated rings. The van der Waals surface area contributed by atoms with Crippen LogP contribution in [-0.4, -0.2) is 12.6 Å². The van der Waals surface area contributed by atoms with Gasteiger partial charge in [-0.05, 0) is 84.5 Å². The van der Waals surface area contributed by atoms with Gasteiger partial charge in [0.25, 0.3) is 0 Å². The molecule has 9 aromatic rings. The van der Waals surface area contributed by atoms with Crippen LogP contribution in [0, 0.1) is 0 Å². The Labute approximate surface area is 312 Å². The molecule has 8 aromatic carbocycles. The zero-order valence-corrected chi connectivity index (χ0v) is 31.0. The van der Waals surface area contributed by atoms with Crippen LogP contribution in [0.5, 0.6) is 0 Å². The van der Waals surface area contributed by atoms with E-state index in [9.17, 15) is 0 Å². The maximum absolute atomic E-state index is 2.89. The van der Waals surface area contributed by atoms with Gasteiger partial charge in [-0.3, -0.25) is 0 Å². The number of hydrogen-bond donors (Lipinski definition) is 0. The van der Waals surface area contributed by atoms with Crippen LogP contribution < -0.4 is 20.7 Å². The molecule has 0 saturated carbocycles. The number of benzene rings is 8. The van der Waals surface area contributed by atoms with E-state index in [1.165, 1.54) is 81.6 Å². The van der Waals surface area contributed by atoms with Crippen molar-refractivity contribution in [3.63, 3.8) is 0 Å². The molecule has 1 nitrogen and oxygen atoms in total. The van der Waals surface area contributed by atoms with Gasteiger partial charge in [0.2, 0.25) is 0 Å². The average molecular weight is 694 g/mol. The first-order valence-electron chi connectivity index (χ1n) is 18.6. The van der Waals surface area contributed by atoms with Gasteiger partial charge in [-0.15, -0.1) is 0 Å². The Bertz CT molecular complexity index is 2740. The lowest BCUT2D eigenvalue weighted by atomic mass is 9.81. The summed E-state index contributed by atoms with van der Waals surface area (Å²) in [4.78, 5) is 0. The maximum atomic E-state index is 2.44. The maximum Gasteiger partial charge on any atom is 0.180 e. The summed E-state index contributed by atoms with van der Waals surface area (Å²) in [6, 6.07) is 74.9. The second kappa shape index (κ2) is 12.2. The van der Waals surface area contributed by atoms with Crippen molar-refractivity contribution in [1.29, 1.82) is 0 Å². The minimum absolute atomic E-state index is 0.0395. The number of hydrogen-bond acceptors (Lipinski definition) is 0. The summed E-state index contributed by atoms with van der Waals surface area (Å²) in [5.41, 5.74) is 11.6. The van der Waals surface area contributed by atoms with Gasteiger partial charge in [0.05, 0.1) is 11.0 Å². The summed E-state index contributed by atoms with van der Waals surface area (Å²) in [7, 11) is -2.89. The minimum Gasteiger partial charge on any atom is -0.309 e. The molecule has 10 rings (SSSR count). The number of para-hydroxylation sites is 2. The third kappa shape index (κ3) is 4.69. The lowest BCUT2D eigenvalue weighted by molar-refractivity contribution is 0.660. The molecule has 2 heteroatoms. The van der Waals surface area contributed by atoms with Gasteiger partial charge in [-0.1, -0.05) is 184 Å². The predicted octanol–water partition coefficient (Wildman–Crippen LogP) is 10.1. The highest BCUT2D eigenvalue weighted by atomic mass is 28.3. The molecular weight excluding hydrogens is 655 g/mol. The zero-order valence-electron chi connectivity index (χ0n) is 30.0. The number of rotatable bonds is 6. The first kappa shape index (κ1) is 31.5. The van der Waals surface area contributed by atoms with E-state index in [1.807, 2.05) is 0 Å². The summed E-state index contributed by atoms with van der Waals surface area (Å²) in [5.74, 6) is 0. The molecule has 0 radical (unpaired) electrons. The molecule has 0 N–H and O–H groups in total. The van der Waals surface area contributed by atoms with Crippen LogP contribution in [-0.2, 0) is 5.41 Å². The molecule has 0 saturated heterocycles. The van der Waals surface area contributed by atoms with Crippen molar-refractivity contribution in [1.82, 2.24) is 4.57 Å².